The summed E-state index contributed by atoms with van der Waals surface area (Å²) in [6.45, 7) is 8.87. The van der Waals surface area contributed by atoms with Crippen LogP contribution >= 0.6 is 0 Å². The molecule has 118 valence electrons. The van der Waals surface area contributed by atoms with Crippen LogP contribution in [0.15, 0.2) is 24.3 Å². The number of nitrogens with one attached hydrogen (secondary N) is 1. The quantitative estimate of drug-likeness (QED) is 0.839. The third-order valence-corrected chi connectivity index (χ3v) is 5.45. The topological polar surface area (TPSA) is 15.3 Å². The van der Waals surface area contributed by atoms with E-state index in [0.29, 0.717) is 17.9 Å². The van der Waals surface area contributed by atoms with Crippen molar-refractivity contribution in [3.8, 4) is 12.3 Å². The summed E-state index contributed by atoms with van der Waals surface area (Å²) in [7, 11) is 0. The number of fused-ring (bicyclic) bond motifs is 3. The number of benzene rings is 1. The van der Waals surface area contributed by atoms with Crippen LogP contribution in [-0.2, 0) is 6.54 Å². The van der Waals surface area contributed by atoms with E-state index in [1.165, 1.54) is 30.5 Å². The summed E-state index contributed by atoms with van der Waals surface area (Å²) in [5.74, 6) is 4.85. The highest BCUT2D eigenvalue weighted by molar-refractivity contribution is 5.24. The standard InChI is InChI=1S/C20H28N2/c1-4-17-14-22-10-9-19(17)11-20(22)13-21-12-16-5-7-18(8-6-16)15(2)3/h1,5-8,15,17,19-21H,9-14H2,2-3H3/t17-,19+,20-/m0/s1. The van der Waals surface area contributed by atoms with Crippen LogP contribution in [0.5, 0.6) is 0 Å². The lowest BCUT2D eigenvalue weighted by atomic mass is 9.76. The highest BCUT2D eigenvalue weighted by Gasteiger charge is 2.38. The van der Waals surface area contributed by atoms with E-state index in [1.54, 1.807) is 0 Å². The predicted octanol–water partition coefficient (Wildman–Crippen LogP) is 3.24. The fourth-order valence-electron chi connectivity index (χ4n) is 3.94. The van der Waals surface area contributed by atoms with Crippen LogP contribution in [0.2, 0.25) is 0 Å². The molecular formula is C20H28N2. The van der Waals surface area contributed by atoms with E-state index in [2.05, 4.69) is 54.3 Å². The lowest BCUT2D eigenvalue weighted by molar-refractivity contribution is 0.0227. The van der Waals surface area contributed by atoms with Crippen LogP contribution in [0.3, 0.4) is 0 Å². The average molecular weight is 296 g/mol. The van der Waals surface area contributed by atoms with Crippen molar-refractivity contribution < 1.29 is 0 Å². The van der Waals surface area contributed by atoms with Crippen LogP contribution in [-0.4, -0.2) is 30.6 Å². The van der Waals surface area contributed by atoms with Gasteiger partial charge in [0.1, 0.15) is 0 Å². The molecule has 1 N–H and O–H groups in total. The first-order chi connectivity index (χ1) is 10.7. The fourth-order valence-corrected chi connectivity index (χ4v) is 3.94. The van der Waals surface area contributed by atoms with Gasteiger partial charge in [-0.1, -0.05) is 38.1 Å². The molecule has 1 unspecified atom stereocenters. The maximum absolute atomic E-state index is 5.65. The van der Waals surface area contributed by atoms with Crippen molar-refractivity contribution in [3.05, 3.63) is 35.4 Å². The Labute approximate surface area is 135 Å². The number of piperidine rings is 3. The molecule has 0 radical (unpaired) electrons. The Morgan fingerprint density at radius 3 is 2.68 bits per heavy atom. The Hall–Kier alpha value is -1.30. The Morgan fingerprint density at radius 1 is 1.32 bits per heavy atom. The summed E-state index contributed by atoms with van der Waals surface area (Å²) in [6.07, 6.45) is 8.22. The molecule has 3 fully saturated rings. The SMILES string of the molecule is C#C[C@H]1CN2CC[C@@H]1C[C@H]2CNCc1ccc(C(C)C)cc1. The zero-order valence-electron chi connectivity index (χ0n) is 13.9. The molecule has 1 aromatic rings. The molecule has 22 heavy (non-hydrogen) atoms. The van der Waals surface area contributed by atoms with Gasteiger partial charge in [0.15, 0.2) is 0 Å². The minimum absolute atomic E-state index is 0.494. The summed E-state index contributed by atoms with van der Waals surface area (Å²) in [6, 6.07) is 9.70. The molecule has 2 heteroatoms. The van der Waals surface area contributed by atoms with Crippen molar-refractivity contribution in [2.24, 2.45) is 11.8 Å². The van der Waals surface area contributed by atoms with Crippen molar-refractivity contribution in [1.29, 1.82) is 0 Å². The Kier molecular flexibility index (Phi) is 4.86. The van der Waals surface area contributed by atoms with Crippen molar-refractivity contribution in [1.82, 2.24) is 10.2 Å². The average Bonchev–Trinajstić information content (AvgIpc) is 2.56. The lowest BCUT2D eigenvalue weighted by Crippen LogP contribution is -2.55. The largest absolute Gasteiger partial charge is 0.311 e. The Bertz CT molecular complexity index is 526. The number of hydrogen-bond acceptors (Lipinski definition) is 2. The summed E-state index contributed by atoms with van der Waals surface area (Å²) >= 11 is 0. The van der Waals surface area contributed by atoms with Crippen molar-refractivity contribution in [3.63, 3.8) is 0 Å². The molecule has 3 aliphatic rings. The van der Waals surface area contributed by atoms with Gasteiger partial charge in [-0.25, -0.2) is 0 Å². The normalized spacial score (nSPS) is 30.5. The summed E-state index contributed by atoms with van der Waals surface area (Å²) < 4.78 is 0. The first-order valence-corrected chi connectivity index (χ1v) is 8.67. The van der Waals surface area contributed by atoms with E-state index in [4.69, 9.17) is 6.42 Å². The van der Waals surface area contributed by atoms with Gasteiger partial charge in [-0.05, 0) is 42.3 Å². The summed E-state index contributed by atoms with van der Waals surface area (Å²) in [5, 5.41) is 3.64. The van der Waals surface area contributed by atoms with E-state index in [9.17, 15) is 0 Å². The lowest BCUT2D eigenvalue weighted by Gasteiger charge is -2.48. The molecule has 3 saturated heterocycles. The van der Waals surface area contributed by atoms with E-state index in [0.717, 1.165) is 25.6 Å². The maximum atomic E-state index is 5.65. The van der Waals surface area contributed by atoms with Crippen LogP contribution < -0.4 is 5.32 Å². The third kappa shape index (κ3) is 3.37. The molecule has 0 saturated carbocycles. The molecule has 3 aliphatic heterocycles. The summed E-state index contributed by atoms with van der Waals surface area (Å²) in [4.78, 5) is 2.60. The summed E-state index contributed by atoms with van der Waals surface area (Å²) in [5.41, 5.74) is 2.79. The van der Waals surface area contributed by atoms with Crippen LogP contribution in [0.1, 0.15) is 43.7 Å². The number of terminal acetylenes is 1. The van der Waals surface area contributed by atoms with E-state index >= 15 is 0 Å². The zero-order valence-corrected chi connectivity index (χ0v) is 13.9. The Morgan fingerprint density at radius 2 is 2.09 bits per heavy atom. The van der Waals surface area contributed by atoms with Crippen molar-refractivity contribution in [2.75, 3.05) is 19.6 Å². The van der Waals surface area contributed by atoms with Gasteiger partial charge in [-0.3, -0.25) is 4.90 Å². The van der Waals surface area contributed by atoms with Crippen LogP contribution in [0.4, 0.5) is 0 Å². The third-order valence-electron chi connectivity index (χ3n) is 5.45. The van der Waals surface area contributed by atoms with Gasteiger partial charge >= 0.3 is 0 Å². The second-order valence-corrected chi connectivity index (χ2v) is 7.23. The first kappa shape index (κ1) is 15.6. The minimum Gasteiger partial charge on any atom is -0.311 e. The van der Waals surface area contributed by atoms with Gasteiger partial charge in [0.25, 0.3) is 0 Å². The minimum atomic E-state index is 0.494. The number of nitrogens with zero attached hydrogens (tertiary/aromatic N) is 1. The molecule has 0 amide bonds. The molecule has 2 bridgehead atoms. The predicted molar refractivity (Wildman–Crippen MR) is 92.6 cm³/mol. The van der Waals surface area contributed by atoms with Gasteiger partial charge in [-0.2, -0.15) is 0 Å². The monoisotopic (exact) mass is 296 g/mol. The van der Waals surface area contributed by atoms with Crippen molar-refractivity contribution >= 4 is 0 Å². The second kappa shape index (κ2) is 6.86. The fraction of sp³-hybridized carbons (Fsp3) is 0.600. The van der Waals surface area contributed by atoms with E-state index in [1.807, 2.05) is 0 Å². The molecule has 2 nitrogen and oxygen atoms in total. The van der Waals surface area contributed by atoms with E-state index < -0.39 is 0 Å². The zero-order chi connectivity index (χ0) is 15.5. The van der Waals surface area contributed by atoms with Gasteiger partial charge in [-0.15, -0.1) is 12.3 Å². The number of rotatable bonds is 5. The molecule has 0 spiro atoms. The van der Waals surface area contributed by atoms with Crippen molar-refractivity contribution in [2.45, 2.75) is 45.2 Å². The highest BCUT2D eigenvalue weighted by atomic mass is 15.2. The van der Waals surface area contributed by atoms with Crippen LogP contribution in [0, 0.1) is 24.2 Å². The number of hydrogen-bond donors (Lipinski definition) is 1. The molecule has 0 aromatic heterocycles. The van der Waals surface area contributed by atoms with Gasteiger partial charge in [0.2, 0.25) is 0 Å². The van der Waals surface area contributed by atoms with Crippen LogP contribution in [0.25, 0.3) is 0 Å². The Balaban J connectivity index is 1.47. The molecule has 1 aromatic carbocycles. The first-order valence-electron chi connectivity index (χ1n) is 8.67. The molecule has 0 aliphatic carbocycles. The highest BCUT2D eigenvalue weighted by Crippen LogP contribution is 2.35. The molecular weight excluding hydrogens is 268 g/mol. The molecule has 4 rings (SSSR count). The van der Waals surface area contributed by atoms with E-state index in [-0.39, 0.29) is 0 Å². The molecule has 4 atom stereocenters. The van der Waals surface area contributed by atoms with Gasteiger partial charge in [0.05, 0.1) is 0 Å². The maximum Gasteiger partial charge on any atom is 0.0356 e. The smallest absolute Gasteiger partial charge is 0.0356 e. The molecule has 3 heterocycles. The second-order valence-electron chi connectivity index (χ2n) is 7.23. The van der Waals surface area contributed by atoms with Gasteiger partial charge in [0, 0.05) is 31.6 Å². The van der Waals surface area contributed by atoms with Gasteiger partial charge < -0.3 is 5.32 Å².